The molecule has 0 amide bonds. The number of likely N-dealkylation sites (N-methyl/N-ethyl adjacent to an activating group) is 1. The maximum atomic E-state index is 13.3. The SMILES string of the molecule is CN(C)CC1CC(O)CN1S(=O)(=O)c1ccc(F)c(F)c1. The van der Waals surface area contributed by atoms with Gasteiger partial charge in [0.15, 0.2) is 11.6 Å². The summed E-state index contributed by atoms with van der Waals surface area (Å²) >= 11 is 0. The average Bonchev–Trinajstić information content (AvgIpc) is 2.73. The molecule has 21 heavy (non-hydrogen) atoms. The highest BCUT2D eigenvalue weighted by molar-refractivity contribution is 7.89. The van der Waals surface area contributed by atoms with Crippen LogP contribution in [0.15, 0.2) is 23.1 Å². The monoisotopic (exact) mass is 320 g/mol. The van der Waals surface area contributed by atoms with Gasteiger partial charge >= 0.3 is 0 Å². The Hall–Kier alpha value is -1.09. The first-order valence-corrected chi connectivity index (χ1v) is 7.95. The first kappa shape index (κ1) is 16.3. The zero-order valence-electron chi connectivity index (χ0n) is 11.8. The number of hydrogen-bond acceptors (Lipinski definition) is 4. The molecular weight excluding hydrogens is 302 g/mol. The Morgan fingerprint density at radius 1 is 1.33 bits per heavy atom. The number of β-amino-alcohol motifs (C(OH)–C–C–N with tert-alkyl or cyclic N) is 1. The number of hydrogen-bond donors (Lipinski definition) is 1. The molecular formula is C13H18F2N2O3S. The molecule has 0 aromatic heterocycles. The third-order valence-electron chi connectivity index (χ3n) is 3.42. The van der Waals surface area contributed by atoms with Gasteiger partial charge in [-0.3, -0.25) is 0 Å². The van der Waals surface area contributed by atoms with Crippen molar-refractivity contribution in [3.63, 3.8) is 0 Å². The van der Waals surface area contributed by atoms with Gasteiger partial charge in [0, 0.05) is 19.1 Å². The molecule has 0 aliphatic carbocycles. The Balaban J connectivity index is 2.34. The van der Waals surface area contributed by atoms with Crippen molar-refractivity contribution in [3.8, 4) is 0 Å². The number of aliphatic hydroxyl groups is 1. The summed E-state index contributed by atoms with van der Waals surface area (Å²) in [5, 5.41) is 9.73. The van der Waals surface area contributed by atoms with Gasteiger partial charge in [0.05, 0.1) is 11.0 Å². The molecule has 2 atom stereocenters. The molecule has 5 nitrogen and oxygen atoms in total. The van der Waals surface area contributed by atoms with E-state index in [9.17, 15) is 22.3 Å². The summed E-state index contributed by atoms with van der Waals surface area (Å²) in [6.45, 7) is 0.403. The summed E-state index contributed by atoms with van der Waals surface area (Å²) < 4.78 is 52.5. The zero-order valence-corrected chi connectivity index (χ0v) is 12.6. The third kappa shape index (κ3) is 3.39. The molecule has 0 radical (unpaired) electrons. The molecule has 1 saturated heterocycles. The van der Waals surface area contributed by atoms with Crippen LogP contribution in [0.2, 0.25) is 0 Å². The third-order valence-corrected chi connectivity index (χ3v) is 5.33. The van der Waals surface area contributed by atoms with Crippen molar-refractivity contribution in [1.82, 2.24) is 9.21 Å². The number of halogens is 2. The van der Waals surface area contributed by atoms with Crippen LogP contribution in [0.4, 0.5) is 8.78 Å². The summed E-state index contributed by atoms with van der Waals surface area (Å²) in [5.74, 6) is -2.31. The van der Waals surface area contributed by atoms with Crippen LogP contribution in [0, 0.1) is 11.6 Å². The smallest absolute Gasteiger partial charge is 0.243 e. The van der Waals surface area contributed by atoms with Gasteiger partial charge in [0.25, 0.3) is 0 Å². The molecule has 1 aliphatic heterocycles. The molecule has 1 aromatic carbocycles. The van der Waals surface area contributed by atoms with Crippen LogP contribution in [0.1, 0.15) is 6.42 Å². The second-order valence-electron chi connectivity index (χ2n) is 5.46. The Labute approximate surface area is 122 Å². The van der Waals surface area contributed by atoms with Crippen molar-refractivity contribution in [2.45, 2.75) is 23.5 Å². The fourth-order valence-corrected chi connectivity index (χ4v) is 4.19. The second-order valence-corrected chi connectivity index (χ2v) is 7.35. The van der Waals surface area contributed by atoms with Crippen molar-refractivity contribution >= 4 is 10.0 Å². The normalized spacial score (nSPS) is 23.9. The quantitative estimate of drug-likeness (QED) is 0.885. The number of benzene rings is 1. The number of aliphatic hydroxyl groups excluding tert-OH is 1. The second kappa shape index (κ2) is 5.96. The molecule has 8 heteroatoms. The van der Waals surface area contributed by atoms with Gasteiger partial charge in [-0.25, -0.2) is 17.2 Å². The van der Waals surface area contributed by atoms with E-state index in [0.717, 1.165) is 16.4 Å². The summed E-state index contributed by atoms with van der Waals surface area (Å²) in [5.41, 5.74) is 0. The van der Waals surface area contributed by atoms with Gasteiger partial charge in [-0.05, 0) is 38.7 Å². The van der Waals surface area contributed by atoms with Crippen LogP contribution < -0.4 is 0 Å². The minimum Gasteiger partial charge on any atom is -0.392 e. The molecule has 118 valence electrons. The zero-order chi connectivity index (χ0) is 15.8. The van der Waals surface area contributed by atoms with Crippen LogP contribution in [-0.2, 0) is 10.0 Å². The van der Waals surface area contributed by atoms with Crippen LogP contribution in [0.5, 0.6) is 0 Å². The van der Waals surface area contributed by atoms with Gasteiger partial charge in [0.1, 0.15) is 0 Å². The lowest BCUT2D eigenvalue weighted by molar-refractivity contribution is 0.188. The highest BCUT2D eigenvalue weighted by atomic mass is 32.2. The van der Waals surface area contributed by atoms with Gasteiger partial charge in [-0.15, -0.1) is 0 Å². The predicted molar refractivity (Wildman–Crippen MR) is 73.2 cm³/mol. The summed E-state index contributed by atoms with van der Waals surface area (Å²) in [7, 11) is -0.368. The minimum absolute atomic E-state index is 0.0418. The van der Waals surface area contributed by atoms with E-state index < -0.39 is 33.8 Å². The summed E-state index contributed by atoms with van der Waals surface area (Å²) in [4.78, 5) is 1.51. The molecule has 0 bridgehead atoms. The molecule has 1 fully saturated rings. The van der Waals surface area contributed by atoms with E-state index in [1.165, 1.54) is 0 Å². The van der Waals surface area contributed by atoms with Gasteiger partial charge < -0.3 is 10.0 Å². The van der Waals surface area contributed by atoms with E-state index in [0.29, 0.717) is 19.0 Å². The van der Waals surface area contributed by atoms with E-state index in [2.05, 4.69) is 0 Å². The summed E-state index contributed by atoms with van der Waals surface area (Å²) in [6, 6.07) is 2.09. The molecule has 1 aromatic rings. The number of rotatable bonds is 4. The van der Waals surface area contributed by atoms with E-state index in [1.807, 2.05) is 4.90 Å². The first-order valence-electron chi connectivity index (χ1n) is 6.51. The van der Waals surface area contributed by atoms with Crippen LogP contribution in [-0.4, -0.2) is 62.1 Å². The van der Waals surface area contributed by atoms with Crippen molar-refractivity contribution in [1.29, 1.82) is 0 Å². The van der Waals surface area contributed by atoms with E-state index in [1.54, 1.807) is 14.1 Å². The topological polar surface area (TPSA) is 60.9 Å². The maximum Gasteiger partial charge on any atom is 0.243 e. The van der Waals surface area contributed by atoms with Crippen molar-refractivity contribution in [2.24, 2.45) is 0 Å². The Morgan fingerprint density at radius 3 is 2.57 bits per heavy atom. The highest BCUT2D eigenvalue weighted by Crippen LogP contribution is 2.27. The van der Waals surface area contributed by atoms with Gasteiger partial charge in [0.2, 0.25) is 10.0 Å². The fraction of sp³-hybridized carbons (Fsp3) is 0.538. The van der Waals surface area contributed by atoms with Gasteiger partial charge in [-0.1, -0.05) is 0 Å². The molecule has 2 rings (SSSR count). The molecule has 1 aliphatic rings. The van der Waals surface area contributed by atoms with E-state index in [-0.39, 0.29) is 11.4 Å². The molecule has 0 saturated carbocycles. The molecule has 0 spiro atoms. The molecule has 1 N–H and O–H groups in total. The fourth-order valence-electron chi connectivity index (χ4n) is 2.52. The minimum atomic E-state index is -3.97. The van der Waals surface area contributed by atoms with Crippen LogP contribution >= 0.6 is 0 Å². The Morgan fingerprint density at radius 2 is 2.00 bits per heavy atom. The first-order chi connectivity index (χ1) is 9.71. The summed E-state index contributed by atoms with van der Waals surface area (Å²) in [6.07, 6.45) is -0.434. The average molecular weight is 320 g/mol. The largest absolute Gasteiger partial charge is 0.392 e. The molecule has 2 unspecified atom stereocenters. The van der Waals surface area contributed by atoms with Gasteiger partial charge in [-0.2, -0.15) is 4.31 Å². The lowest BCUT2D eigenvalue weighted by Crippen LogP contribution is -2.41. The number of nitrogens with zero attached hydrogens (tertiary/aromatic N) is 2. The lowest BCUT2D eigenvalue weighted by Gasteiger charge is -2.26. The van der Waals surface area contributed by atoms with Crippen molar-refractivity contribution in [2.75, 3.05) is 27.2 Å². The lowest BCUT2D eigenvalue weighted by atomic mass is 10.2. The maximum absolute atomic E-state index is 13.3. The Bertz CT molecular complexity index is 622. The molecule has 1 heterocycles. The highest BCUT2D eigenvalue weighted by Gasteiger charge is 2.39. The van der Waals surface area contributed by atoms with E-state index in [4.69, 9.17) is 0 Å². The van der Waals surface area contributed by atoms with Crippen LogP contribution in [0.25, 0.3) is 0 Å². The van der Waals surface area contributed by atoms with Crippen molar-refractivity contribution < 1.29 is 22.3 Å². The number of sulfonamides is 1. The standard InChI is InChI=1S/C13H18F2N2O3S/c1-16(2)7-9-5-10(18)8-17(9)21(19,20)11-3-4-12(14)13(15)6-11/h3-4,6,9-10,18H,5,7-8H2,1-2H3. The predicted octanol–water partition coefficient (Wildman–Crippen LogP) is 0.650. The Kier molecular flexibility index (Phi) is 4.62. The van der Waals surface area contributed by atoms with E-state index >= 15 is 0 Å². The van der Waals surface area contributed by atoms with Crippen LogP contribution in [0.3, 0.4) is 0 Å². The van der Waals surface area contributed by atoms with Crippen molar-refractivity contribution in [3.05, 3.63) is 29.8 Å².